The molecule has 0 aromatic carbocycles. The Hall–Kier alpha value is -2.57. The van der Waals surface area contributed by atoms with Gasteiger partial charge in [0.15, 0.2) is 17.1 Å². The normalized spacial score (nSPS) is 21.0. The smallest absolute Gasteiger partial charge is 0.269 e. The number of oxime groups is 1. The van der Waals surface area contributed by atoms with Crippen LogP contribution >= 0.6 is 0 Å². The van der Waals surface area contributed by atoms with Gasteiger partial charge >= 0.3 is 0 Å². The first-order valence-electron chi connectivity index (χ1n) is 9.46. The zero-order chi connectivity index (χ0) is 21.6. The van der Waals surface area contributed by atoms with Crippen LogP contribution in [0.2, 0.25) is 0 Å². The van der Waals surface area contributed by atoms with Crippen LogP contribution in [0.25, 0.3) is 11.0 Å². The van der Waals surface area contributed by atoms with Crippen molar-refractivity contribution in [3.63, 3.8) is 0 Å². The van der Waals surface area contributed by atoms with Gasteiger partial charge in [0.2, 0.25) is 0 Å². The maximum atomic E-state index is 15.0. The monoisotopic (exact) mass is 439 g/mol. The summed E-state index contributed by atoms with van der Waals surface area (Å²) in [6, 6.07) is 1.12. The summed E-state index contributed by atoms with van der Waals surface area (Å²) in [5.74, 6) is -1.58. The molecule has 0 radical (unpaired) electrons. The lowest BCUT2D eigenvalue weighted by molar-refractivity contribution is 0.211. The Morgan fingerprint density at radius 1 is 1.43 bits per heavy atom. The Bertz CT molecular complexity index is 1190. The quantitative estimate of drug-likeness (QED) is 0.494. The molecule has 12 heteroatoms. The first kappa shape index (κ1) is 20.7. The third kappa shape index (κ3) is 3.89. The summed E-state index contributed by atoms with van der Waals surface area (Å²) in [7, 11) is -2.99. The Morgan fingerprint density at radius 2 is 2.17 bits per heavy atom. The number of pyridine rings is 2. The van der Waals surface area contributed by atoms with Crippen molar-refractivity contribution < 1.29 is 22.2 Å². The van der Waals surface area contributed by atoms with Gasteiger partial charge in [-0.25, -0.2) is 9.37 Å². The third-order valence-electron chi connectivity index (χ3n) is 5.35. The summed E-state index contributed by atoms with van der Waals surface area (Å²) in [4.78, 5) is 23.7. The molecule has 3 heterocycles. The Kier molecular flexibility index (Phi) is 5.24. The number of anilines is 1. The third-order valence-corrected chi connectivity index (χ3v) is 6.02. The van der Waals surface area contributed by atoms with E-state index in [4.69, 9.17) is 15.1 Å². The van der Waals surface area contributed by atoms with Crippen LogP contribution in [0.3, 0.4) is 0 Å². The second-order valence-corrected chi connectivity index (χ2v) is 9.04. The number of aromatic nitrogens is 2. The molecule has 2 aromatic heterocycles. The summed E-state index contributed by atoms with van der Waals surface area (Å²) in [6.07, 6.45) is 3.07. The maximum Gasteiger partial charge on any atom is 0.269 e. The Balaban J connectivity index is 1.84. The summed E-state index contributed by atoms with van der Waals surface area (Å²) in [5.41, 5.74) is 5.97. The maximum absolute atomic E-state index is 15.0. The van der Waals surface area contributed by atoms with E-state index in [1.807, 2.05) is 0 Å². The predicted molar refractivity (Wildman–Crippen MR) is 109 cm³/mol. The van der Waals surface area contributed by atoms with E-state index >= 15 is 0 Å². The molecule has 2 aliphatic rings. The van der Waals surface area contributed by atoms with E-state index in [0.717, 1.165) is 18.9 Å². The first-order valence-corrected chi connectivity index (χ1v) is 11.1. The molecule has 30 heavy (non-hydrogen) atoms. The van der Waals surface area contributed by atoms with E-state index in [9.17, 15) is 17.6 Å². The van der Waals surface area contributed by atoms with Crippen LogP contribution in [-0.2, 0) is 20.7 Å². The molecule has 0 bridgehead atoms. The minimum absolute atomic E-state index is 0.0235. The van der Waals surface area contributed by atoms with Crippen LogP contribution < -0.4 is 16.1 Å². The molecule has 10 nitrogen and oxygen atoms in total. The van der Waals surface area contributed by atoms with Gasteiger partial charge in [0, 0.05) is 36.8 Å². The molecule has 1 atom stereocenters. The molecule has 2 aromatic rings. The molecule has 2 fully saturated rings. The van der Waals surface area contributed by atoms with Gasteiger partial charge in [-0.2, -0.15) is 8.42 Å². The molecule has 0 amide bonds. The van der Waals surface area contributed by atoms with E-state index < -0.39 is 27.1 Å². The minimum atomic E-state index is -4.42. The van der Waals surface area contributed by atoms with Crippen molar-refractivity contribution in [2.24, 2.45) is 16.8 Å². The van der Waals surface area contributed by atoms with E-state index in [-0.39, 0.29) is 34.4 Å². The van der Waals surface area contributed by atoms with Gasteiger partial charge in [0.25, 0.3) is 10.1 Å². The van der Waals surface area contributed by atoms with Gasteiger partial charge in [-0.05, 0) is 18.9 Å². The molecular weight excluding hydrogens is 417 g/mol. The fraction of sp³-hybridized carbons (Fsp3) is 0.500. The molecule has 0 spiro atoms. The average molecular weight is 439 g/mol. The van der Waals surface area contributed by atoms with Crippen molar-refractivity contribution in [1.82, 2.24) is 9.55 Å². The standard InChI is InChI=1S/C18H22FN5O5S/c1-29-22-15-8-23(6-10(15)5-20)18-14(19)4-13-16(25)11(9-30(26,27)28)7-24(12-2-3-12)17(13)21-18/h4,7,10,12H,2-3,5-6,8-9,20H2,1H3,(H,26,27,28). The number of hydrogen-bond acceptors (Lipinski definition) is 8. The number of nitrogens with zero attached hydrogens (tertiary/aromatic N) is 4. The minimum Gasteiger partial charge on any atom is -0.399 e. The van der Waals surface area contributed by atoms with E-state index in [2.05, 4.69) is 10.1 Å². The predicted octanol–water partition coefficient (Wildman–Crippen LogP) is 0.656. The van der Waals surface area contributed by atoms with Crippen molar-refractivity contribution in [2.75, 3.05) is 31.6 Å². The van der Waals surface area contributed by atoms with Crippen LogP contribution in [0.15, 0.2) is 22.2 Å². The Morgan fingerprint density at radius 3 is 2.77 bits per heavy atom. The molecule has 1 unspecified atom stereocenters. The molecule has 3 N–H and O–H groups in total. The van der Waals surface area contributed by atoms with Gasteiger partial charge in [-0.15, -0.1) is 0 Å². The van der Waals surface area contributed by atoms with Crippen molar-refractivity contribution in [2.45, 2.75) is 24.6 Å². The topological polar surface area (TPSA) is 140 Å². The van der Waals surface area contributed by atoms with Crippen molar-refractivity contribution in [3.8, 4) is 0 Å². The Labute approximate surface area is 171 Å². The lowest BCUT2D eigenvalue weighted by atomic mass is 10.1. The fourth-order valence-corrected chi connectivity index (χ4v) is 4.40. The largest absolute Gasteiger partial charge is 0.399 e. The molecular formula is C18H22FN5O5S. The number of hydrogen-bond donors (Lipinski definition) is 2. The van der Waals surface area contributed by atoms with E-state index in [1.54, 1.807) is 9.47 Å². The SMILES string of the molecule is CON=C1CN(c2nc3c(cc2F)c(=O)c(CS(=O)(=O)O)cn3C2CC2)CC1CN. The second kappa shape index (κ2) is 7.60. The average Bonchev–Trinajstić information content (AvgIpc) is 3.44. The highest BCUT2D eigenvalue weighted by molar-refractivity contribution is 7.85. The molecule has 162 valence electrons. The highest BCUT2D eigenvalue weighted by Crippen LogP contribution is 2.37. The van der Waals surface area contributed by atoms with Crippen LogP contribution in [-0.4, -0.2) is 55.0 Å². The van der Waals surface area contributed by atoms with Crippen molar-refractivity contribution in [1.29, 1.82) is 0 Å². The number of rotatable bonds is 6. The number of fused-ring (bicyclic) bond motifs is 1. The molecule has 1 saturated heterocycles. The van der Waals surface area contributed by atoms with Gasteiger partial charge in [-0.1, -0.05) is 5.16 Å². The number of halogens is 1. The fourth-order valence-electron chi connectivity index (χ4n) is 3.80. The molecule has 1 aliphatic carbocycles. The van der Waals surface area contributed by atoms with Crippen LogP contribution in [0.4, 0.5) is 10.2 Å². The second-order valence-electron chi connectivity index (χ2n) is 7.59. The highest BCUT2D eigenvalue weighted by Gasteiger charge is 2.33. The van der Waals surface area contributed by atoms with Gasteiger partial charge in [0.1, 0.15) is 18.5 Å². The van der Waals surface area contributed by atoms with E-state index in [1.165, 1.54) is 13.3 Å². The number of nitrogens with two attached hydrogens (primary N) is 1. The first-order chi connectivity index (χ1) is 14.2. The van der Waals surface area contributed by atoms with Gasteiger partial charge in [0.05, 0.1) is 17.6 Å². The van der Waals surface area contributed by atoms with Crippen LogP contribution in [0, 0.1) is 11.7 Å². The molecule has 1 aliphatic heterocycles. The summed E-state index contributed by atoms with van der Waals surface area (Å²) in [5, 5.41) is 3.94. The molecule has 4 rings (SSSR count). The van der Waals surface area contributed by atoms with Crippen molar-refractivity contribution in [3.05, 3.63) is 33.9 Å². The summed E-state index contributed by atoms with van der Waals surface area (Å²) >= 11 is 0. The van der Waals surface area contributed by atoms with Gasteiger partial charge in [-0.3, -0.25) is 9.35 Å². The van der Waals surface area contributed by atoms with E-state index in [0.29, 0.717) is 25.3 Å². The van der Waals surface area contributed by atoms with Gasteiger partial charge < -0.3 is 20.0 Å². The lowest BCUT2D eigenvalue weighted by Gasteiger charge is -2.19. The zero-order valence-corrected chi connectivity index (χ0v) is 17.1. The molecule has 1 saturated carbocycles. The van der Waals surface area contributed by atoms with Crippen molar-refractivity contribution >= 4 is 32.7 Å². The summed E-state index contributed by atoms with van der Waals surface area (Å²) in [6.45, 7) is 1.02. The lowest BCUT2D eigenvalue weighted by Crippen LogP contribution is -2.25. The summed E-state index contributed by atoms with van der Waals surface area (Å²) < 4.78 is 48.5. The highest BCUT2D eigenvalue weighted by atomic mass is 32.2. The zero-order valence-electron chi connectivity index (χ0n) is 16.3. The van der Waals surface area contributed by atoms with Crippen LogP contribution in [0.1, 0.15) is 24.4 Å². The van der Waals surface area contributed by atoms with Crippen LogP contribution in [0.5, 0.6) is 0 Å².